The van der Waals surface area contributed by atoms with Gasteiger partial charge in [0.25, 0.3) is 0 Å². The number of carboxylic acid groups (broad SMARTS) is 1. The van der Waals surface area contributed by atoms with Crippen molar-refractivity contribution in [2.45, 2.75) is 58.3 Å². The van der Waals surface area contributed by atoms with Gasteiger partial charge in [-0.05, 0) is 44.9 Å². The van der Waals surface area contributed by atoms with Crippen molar-refractivity contribution in [3.05, 3.63) is 72.9 Å². The van der Waals surface area contributed by atoms with Gasteiger partial charge in [-0.25, -0.2) is 9.59 Å². The van der Waals surface area contributed by atoms with E-state index in [0.717, 1.165) is 44.6 Å². The van der Waals surface area contributed by atoms with E-state index in [1.807, 2.05) is 6.08 Å². The number of carbonyl (C=O) groups excluding carboxylic acids is 2. The molecule has 0 bridgehead atoms. The average molecular weight is 445 g/mol. The largest absolute Gasteiger partial charge is 0.478 e. The molecule has 0 aliphatic rings. The first-order valence-electron chi connectivity index (χ1n) is 11.0. The van der Waals surface area contributed by atoms with Crippen molar-refractivity contribution in [3.8, 4) is 0 Å². The van der Waals surface area contributed by atoms with Gasteiger partial charge in [0.1, 0.15) is 13.2 Å². The van der Waals surface area contributed by atoms with Gasteiger partial charge >= 0.3 is 17.9 Å². The first-order chi connectivity index (χ1) is 15.6. The lowest BCUT2D eigenvalue weighted by Crippen LogP contribution is -2.12. The van der Waals surface area contributed by atoms with E-state index in [1.54, 1.807) is 0 Å². The number of carbonyl (C=O) groups is 3. The molecule has 0 amide bonds. The summed E-state index contributed by atoms with van der Waals surface area (Å²) >= 11 is 0. The van der Waals surface area contributed by atoms with Crippen LogP contribution in [0.4, 0.5) is 0 Å². The van der Waals surface area contributed by atoms with E-state index in [0.29, 0.717) is 18.9 Å². The summed E-state index contributed by atoms with van der Waals surface area (Å²) in [4.78, 5) is 32.9. The molecular weight excluding hydrogens is 408 g/mol. The molecule has 0 unspecified atom stereocenters. The normalized spacial score (nSPS) is 12.3. The maximum Gasteiger partial charge on any atom is 0.331 e. The Labute approximate surface area is 191 Å². The summed E-state index contributed by atoms with van der Waals surface area (Å²) in [5, 5.41) is 8.37. The Morgan fingerprint density at radius 1 is 0.688 bits per heavy atom. The first-order valence-corrected chi connectivity index (χ1v) is 11.0. The fraction of sp³-hybridized carbons (Fsp3) is 0.423. The van der Waals surface area contributed by atoms with Crippen molar-refractivity contribution in [3.63, 3.8) is 0 Å². The summed E-state index contributed by atoms with van der Waals surface area (Å²) in [5.74, 6) is -2.38. The van der Waals surface area contributed by atoms with Crippen molar-refractivity contribution < 1.29 is 29.0 Å². The second-order valence-corrected chi connectivity index (χ2v) is 6.66. The van der Waals surface area contributed by atoms with Crippen LogP contribution in [0.25, 0.3) is 0 Å². The van der Waals surface area contributed by atoms with Crippen LogP contribution >= 0.6 is 0 Å². The van der Waals surface area contributed by atoms with Gasteiger partial charge in [-0.1, -0.05) is 67.7 Å². The van der Waals surface area contributed by atoms with Crippen LogP contribution in [0.1, 0.15) is 58.3 Å². The quantitative estimate of drug-likeness (QED) is 0.127. The Balaban J connectivity index is 3.60. The van der Waals surface area contributed by atoms with Crippen molar-refractivity contribution in [2.75, 3.05) is 13.2 Å². The zero-order chi connectivity index (χ0) is 23.7. The van der Waals surface area contributed by atoms with Gasteiger partial charge < -0.3 is 14.6 Å². The van der Waals surface area contributed by atoms with Crippen molar-refractivity contribution in [1.82, 2.24) is 0 Å². The predicted molar refractivity (Wildman–Crippen MR) is 127 cm³/mol. The van der Waals surface area contributed by atoms with Gasteiger partial charge in [-0.3, -0.25) is 4.79 Å². The molecule has 6 nitrogen and oxygen atoms in total. The third-order valence-electron chi connectivity index (χ3n) is 3.86. The highest BCUT2D eigenvalue weighted by Crippen LogP contribution is 2.01. The van der Waals surface area contributed by atoms with E-state index in [9.17, 15) is 14.4 Å². The molecule has 0 atom stereocenters. The second kappa shape index (κ2) is 22.5. The Kier molecular flexibility index (Phi) is 20.3. The topological polar surface area (TPSA) is 89.9 Å². The van der Waals surface area contributed by atoms with E-state index in [2.05, 4.69) is 66.3 Å². The van der Waals surface area contributed by atoms with Crippen molar-refractivity contribution in [2.24, 2.45) is 0 Å². The van der Waals surface area contributed by atoms with Gasteiger partial charge in [0.05, 0.1) is 0 Å². The molecule has 0 saturated carbocycles. The Morgan fingerprint density at radius 3 is 1.72 bits per heavy atom. The van der Waals surface area contributed by atoms with E-state index < -0.39 is 11.9 Å². The molecule has 0 heterocycles. The van der Waals surface area contributed by atoms with Crippen LogP contribution in [0, 0.1) is 0 Å². The molecule has 0 saturated heterocycles. The molecule has 0 radical (unpaired) electrons. The van der Waals surface area contributed by atoms with Crippen LogP contribution in [-0.4, -0.2) is 36.2 Å². The standard InChI is InChI=1S/C26H36O6/c1-2-3-4-5-6-7-8-9-10-11-12-13-14-15-16-17-18-19-25(29)31-22-23-32-26(30)21-20-24(27)28/h3-4,6-7,9-10,12-13,15-16,20-21H,2,5,8,11,14,17-19,22-23H2,1H3,(H,27,28). The van der Waals surface area contributed by atoms with E-state index in [4.69, 9.17) is 9.84 Å². The van der Waals surface area contributed by atoms with Crippen LogP contribution in [0.3, 0.4) is 0 Å². The summed E-state index contributed by atoms with van der Waals surface area (Å²) in [7, 11) is 0. The first kappa shape index (κ1) is 28.9. The molecule has 1 N–H and O–H groups in total. The lowest BCUT2D eigenvalue weighted by Gasteiger charge is -2.04. The number of esters is 2. The number of hydrogen-bond acceptors (Lipinski definition) is 5. The smallest absolute Gasteiger partial charge is 0.331 e. The molecule has 6 heteroatoms. The molecule has 0 aliphatic heterocycles. The molecule has 0 aromatic carbocycles. The van der Waals surface area contributed by atoms with Crippen LogP contribution in [-0.2, 0) is 23.9 Å². The van der Waals surface area contributed by atoms with Gasteiger partial charge in [0.2, 0.25) is 0 Å². The minimum absolute atomic E-state index is 0.0485. The van der Waals surface area contributed by atoms with Gasteiger partial charge in [0.15, 0.2) is 0 Å². The lowest BCUT2D eigenvalue weighted by atomic mass is 10.2. The SMILES string of the molecule is CCC=CCC=CCC=CCC=CCC=CCCCC(=O)OCCOC(=O)C=CC(=O)O. The Hall–Kier alpha value is -3.15. The average Bonchev–Trinajstić information content (AvgIpc) is 2.77. The number of hydrogen-bond donors (Lipinski definition) is 1. The number of rotatable bonds is 18. The highest BCUT2D eigenvalue weighted by Gasteiger charge is 2.03. The Morgan fingerprint density at radius 2 is 1.19 bits per heavy atom. The molecule has 0 fully saturated rings. The Bertz CT molecular complexity index is 695. The van der Waals surface area contributed by atoms with E-state index >= 15 is 0 Å². The number of ether oxygens (including phenoxy) is 2. The lowest BCUT2D eigenvalue weighted by molar-refractivity contribution is -0.149. The zero-order valence-corrected chi connectivity index (χ0v) is 19.0. The highest BCUT2D eigenvalue weighted by atomic mass is 16.6. The van der Waals surface area contributed by atoms with E-state index in [1.165, 1.54) is 0 Å². The van der Waals surface area contributed by atoms with Crippen LogP contribution < -0.4 is 0 Å². The molecule has 176 valence electrons. The van der Waals surface area contributed by atoms with Crippen LogP contribution in [0.15, 0.2) is 72.9 Å². The summed E-state index contributed by atoms with van der Waals surface area (Å²) in [6, 6.07) is 0. The number of carboxylic acids is 1. The number of unbranched alkanes of at least 4 members (excludes halogenated alkanes) is 1. The minimum atomic E-state index is -1.24. The predicted octanol–water partition coefficient (Wildman–Crippen LogP) is 5.64. The van der Waals surface area contributed by atoms with Gasteiger partial charge in [-0.2, -0.15) is 0 Å². The van der Waals surface area contributed by atoms with Crippen LogP contribution in [0.2, 0.25) is 0 Å². The molecule has 32 heavy (non-hydrogen) atoms. The van der Waals surface area contributed by atoms with Crippen molar-refractivity contribution in [1.29, 1.82) is 0 Å². The number of aliphatic carboxylic acids is 1. The summed E-state index contributed by atoms with van der Waals surface area (Å²) in [6.45, 7) is 1.98. The zero-order valence-electron chi connectivity index (χ0n) is 19.0. The van der Waals surface area contributed by atoms with E-state index in [-0.39, 0.29) is 19.2 Å². The second-order valence-electron chi connectivity index (χ2n) is 6.66. The fourth-order valence-corrected chi connectivity index (χ4v) is 2.29. The monoisotopic (exact) mass is 444 g/mol. The minimum Gasteiger partial charge on any atom is -0.478 e. The molecule has 0 aromatic rings. The van der Waals surface area contributed by atoms with Crippen LogP contribution in [0.5, 0.6) is 0 Å². The fourth-order valence-electron chi connectivity index (χ4n) is 2.29. The number of allylic oxidation sites excluding steroid dienone is 10. The molecular formula is C26H36O6. The summed E-state index contributed by atoms with van der Waals surface area (Å²) < 4.78 is 9.63. The summed E-state index contributed by atoms with van der Waals surface area (Å²) in [6.07, 6.45) is 29.5. The maximum absolute atomic E-state index is 11.6. The molecule has 0 spiro atoms. The maximum atomic E-state index is 11.6. The third-order valence-corrected chi connectivity index (χ3v) is 3.86. The van der Waals surface area contributed by atoms with Crippen molar-refractivity contribution >= 4 is 17.9 Å². The molecule has 0 aliphatic carbocycles. The molecule has 0 aromatic heterocycles. The third kappa shape index (κ3) is 23.1. The van der Waals surface area contributed by atoms with Gasteiger partial charge in [-0.15, -0.1) is 0 Å². The molecule has 0 rings (SSSR count). The summed E-state index contributed by atoms with van der Waals surface area (Å²) in [5.41, 5.74) is 0. The van der Waals surface area contributed by atoms with Gasteiger partial charge in [0, 0.05) is 18.6 Å². The highest BCUT2D eigenvalue weighted by molar-refractivity contribution is 5.90.